The molecule has 0 aromatic rings. The van der Waals surface area contributed by atoms with Crippen LogP contribution < -0.4 is 0 Å². The number of rotatable bonds is 35. The van der Waals surface area contributed by atoms with Crippen LogP contribution in [0.5, 0.6) is 0 Å². The van der Waals surface area contributed by atoms with Crippen molar-refractivity contribution in [1.29, 1.82) is 0 Å². The van der Waals surface area contributed by atoms with Gasteiger partial charge < -0.3 is 23.8 Å². The van der Waals surface area contributed by atoms with E-state index in [1.54, 1.807) is 0 Å². The van der Waals surface area contributed by atoms with Gasteiger partial charge in [0.2, 0.25) is 0 Å². The fourth-order valence-electron chi connectivity index (χ4n) is 5.22. The van der Waals surface area contributed by atoms with Crippen molar-refractivity contribution in [2.24, 2.45) is 0 Å². The van der Waals surface area contributed by atoms with E-state index in [0.29, 0.717) is 19.3 Å². The molecule has 8 heteroatoms. The van der Waals surface area contributed by atoms with Crippen LogP contribution in [-0.2, 0) is 28.6 Å². The molecule has 2 unspecified atom stereocenters. The van der Waals surface area contributed by atoms with Crippen molar-refractivity contribution in [2.45, 2.75) is 109 Å². The molecule has 0 heterocycles. The topological polar surface area (TPSA) is 99.1 Å². The van der Waals surface area contributed by atoms with E-state index in [4.69, 9.17) is 14.2 Å². The number of ether oxygens (including phenoxy) is 3. The zero-order chi connectivity index (χ0) is 44.2. The number of allylic oxidation sites excluding steroid dienone is 26. The highest BCUT2D eigenvalue weighted by Crippen LogP contribution is 2.11. The molecule has 330 valence electrons. The van der Waals surface area contributed by atoms with Gasteiger partial charge in [-0.3, -0.25) is 9.59 Å². The van der Waals surface area contributed by atoms with Gasteiger partial charge in [-0.1, -0.05) is 185 Å². The molecule has 0 fully saturated rings. The van der Waals surface area contributed by atoms with Gasteiger partial charge in [-0.2, -0.15) is 0 Å². The van der Waals surface area contributed by atoms with Crippen molar-refractivity contribution in [3.05, 3.63) is 158 Å². The summed E-state index contributed by atoms with van der Waals surface area (Å²) in [5.74, 6) is -1.62. The van der Waals surface area contributed by atoms with Gasteiger partial charge >= 0.3 is 17.9 Å². The number of hydrogen-bond acceptors (Lipinski definition) is 6. The Hall–Kier alpha value is -5.05. The Morgan fingerprint density at radius 1 is 0.500 bits per heavy atom. The highest BCUT2D eigenvalue weighted by Gasteiger charge is 2.31. The number of nitrogens with zero attached hydrogens (tertiary/aromatic N) is 1. The molecule has 1 N–H and O–H groups in total. The molecule has 0 saturated carbocycles. The summed E-state index contributed by atoms with van der Waals surface area (Å²) in [6, 6.07) is -0.643. The van der Waals surface area contributed by atoms with Gasteiger partial charge in [-0.05, 0) is 51.4 Å². The number of carbonyl (C=O) groups excluding carboxylic acids is 2. The molecule has 0 aliphatic heterocycles. The first kappa shape index (κ1) is 55.0. The number of carboxylic acids is 1. The molecule has 0 aromatic carbocycles. The Morgan fingerprint density at radius 3 is 1.27 bits per heavy atom. The van der Waals surface area contributed by atoms with E-state index in [1.807, 2.05) is 155 Å². The lowest BCUT2D eigenvalue weighted by molar-refractivity contribution is -0.887. The lowest BCUT2D eigenvalue weighted by Gasteiger charge is -2.31. The number of carboxylic acid groups (broad SMARTS) is 1. The Balaban J connectivity index is 4.61. The number of esters is 2. The maximum atomic E-state index is 12.7. The summed E-state index contributed by atoms with van der Waals surface area (Å²) in [7, 11) is 5.47. The SMILES string of the molecule is CC/C=C/C=C/C=C/C=C/C=C/C=C/C=C/CCCCCC(=O)OCC(COCCC(C(=O)O)[N+](C)(C)C)OC(=O)CCCCC/C=C/C=C/C=C/C=C/C=C/C=C/CC. The fraction of sp³-hybridized carbons (Fsp3) is 0.442. The minimum absolute atomic E-state index is 0.0137. The number of quaternary nitrogens is 1. The maximum Gasteiger partial charge on any atom is 0.362 e. The van der Waals surface area contributed by atoms with Crippen LogP contribution in [0.4, 0.5) is 0 Å². The summed E-state index contributed by atoms with van der Waals surface area (Å²) in [4.78, 5) is 37.0. The van der Waals surface area contributed by atoms with E-state index in [2.05, 4.69) is 38.2 Å². The zero-order valence-electron chi connectivity index (χ0n) is 37.3. The monoisotopic (exact) mass is 827 g/mol. The van der Waals surface area contributed by atoms with Crippen molar-refractivity contribution < 1.29 is 38.2 Å². The van der Waals surface area contributed by atoms with Crippen LogP contribution in [0.3, 0.4) is 0 Å². The lowest BCUT2D eigenvalue weighted by atomic mass is 10.1. The molecule has 60 heavy (non-hydrogen) atoms. The van der Waals surface area contributed by atoms with Crippen LogP contribution in [-0.4, -0.2) is 80.6 Å². The largest absolute Gasteiger partial charge is 0.477 e. The first-order valence-corrected chi connectivity index (χ1v) is 21.7. The average molecular weight is 827 g/mol. The van der Waals surface area contributed by atoms with Gasteiger partial charge in [0.1, 0.15) is 6.61 Å². The molecule has 0 aliphatic carbocycles. The smallest absolute Gasteiger partial charge is 0.362 e. The summed E-state index contributed by atoms with van der Waals surface area (Å²) in [5.41, 5.74) is 0. The van der Waals surface area contributed by atoms with Crippen molar-refractivity contribution in [1.82, 2.24) is 0 Å². The molecular formula is C52H76NO7+. The van der Waals surface area contributed by atoms with Gasteiger partial charge in [0.15, 0.2) is 12.1 Å². The Labute approximate surface area is 363 Å². The Kier molecular flexibility index (Phi) is 37.3. The minimum Gasteiger partial charge on any atom is -0.477 e. The number of hydrogen-bond donors (Lipinski definition) is 1. The zero-order valence-corrected chi connectivity index (χ0v) is 37.3. The van der Waals surface area contributed by atoms with Crippen molar-refractivity contribution in [2.75, 3.05) is 41.0 Å². The van der Waals surface area contributed by atoms with E-state index >= 15 is 0 Å². The van der Waals surface area contributed by atoms with Gasteiger partial charge in [0, 0.05) is 19.3 Å². The Morgan fingerprint density at radius 2 is 0.883 bits per heavy atom. The van der Waals surface area contributed by atoms with Gasteiger partial charge in [-0.15, -0.1) is 0 Å². The average Bonchev–Trinajstić information content (AvgIpc) is 3.21. The first-order chi connectivity index (χ1) is 29.1. The molecule has 0 spiro atoms. The standard InChI is InChI=1S/C52H75NO7/c1-6-8-10-12-14-16-18-20-22-24-25-27-28-30-32-34-36-38-40-42-50(54)59-47-48(46-58-45-44-49(52(56)57)53(3,4)5)60-51(55)43-41-39-37-35-33-31-29-26-23-21-19-17-15-13-11-9-7-2/h8-33,48-49H,6-7,34-47H2,1-5H3/p+1/b10-8+,11-9+,14-12+,15-13+,18-16+,19-17+,22-20+,23-21+,25-24+,28-27+,29-26+,32-30+,33-31+. The minimum atomic E-state index is -0.900. The summed E-state index contributed by atoms with van der Waals surface area (Å²) >= 11 is 0. The normalized spacial score (nSPS) is 14.5. The van der Waals surface area contributed by atoms with Crippen LogP contribution in [0.25, 0.3) is 0 Å². The van der Waals surface area contributed by atoms with E-state index < -0.39 is 18.1 Å². The number of likely N-dealkylation sites (N-methyl/N-ethyl adjacent to an activating group) is 1. The molecule has 0 radical (unpaired) electrons. The fourth-order valence-corrected chi connectivity index (χ4v) is 5.22. The first-order valence-electron chi connectivity index (χ1n) is 21.7. The summed E-state index contributed by atoms with van der Waals surface area (Å²) in [6.45, 7) is 4.30. The maximum absolute atomic E-state index is 12.7. The predicted octanol–water partition coefficient (Wildman–Crippen LogP) is 12.0. The molecule has 0 bridgehead atoms. The molecule has 2 atom stereocenters. The predicted molar refractivity (Wildman–Crippen MR) is 251 cm³/mol. The quantitative estimate of drug-likeness (QED) is 0.0294. The Bertz CT molecular complexity index is 1520. The van der Waals surface area contributed by atoms with Crippen molar-refractivity contribution in [3.8, 4) is 0 Å². The van der Waals surface area contributed by atoms with Crippen LogP contribution >= 0.6 is 0 Å². The summed E-state index contributed by atoms with van der Waals surface area (Å²) in [6.07, 6.45) is 61.4. The number of carbonyl (C=O) groups is 3. The third-order valence-corrected chi connectivity index (χ3v) is 8.53. The van der Waals surface area contributed by atoms with E-state index in [-0.39, 0.29) is 49.1 Å². The molecule has 8 nitrogen and oxygen atoms in total. The van der Waals surface area contributed by atoms with Gasteiger partial charge in [-0.25, -0.2) is 4.79 Å². The van der Waals surface area contributed by atoms with Crippen LogP contribution in [0.1, 0.15) is 97.3 Å². The van der Waals surface area contributed by atoms with Crippen LogP contribution in [0, 0.1) is 0 Å². The molecule has 0 aliphatic rings. The van der Waals surface area contributed by atoms with Crippen molar-refractivity contribution >= 4 is 17.9 Å². The van der Waals surface area contributed by atoms with E-state index in [9.17, 15) is 19.5 Å². The highest BCUT2D eigenvalue weighted by molar-refractivity contribution is 5.72. The van der Waals surface area contributed by atoms with E-state index in [1.165, 1.54) is 0 Å². The van der Waals surface area contributed by atoms with Crippen LogP contribution in [0.15, 0.2) is 158 Å². The van der Waals surface area contributed by atoms with E-state index in [0.717, 1.165) is 51.4 Å². The number of aliphatic carboxylic acids is 1. The van der Waals surface area contributed by atoms with Gasteiger partial charge in [0.25, 0.3) is 0 Å². The third-order valence-electron chi connectivity index (χ3n) is 8.53. The lowest BCUT2D eigenvalue weighted by Crippen LogP contribution is -2.50. The second kappa shape index (κ2) is 40.7. The third kappa shape index (κ3) is 38.5. The highest BCUT2D eigenvalue weighted by atomic mass is 16.6. The molecule has 0 aromatic heterocycles. The molecule has 0 rings (SSSR count). The van der Waals surface area contributed by atoms with Crippen molar-refractivity contribution in [3.63, 3.8) is 0 Å². The summed E-state index contributed by atoms with van der Waals surface area (Å²) < 4.78 is 17.2. The molecular weight excluding hydrogens is 751 g/mol. The molecule has 0 amide bonds. The second-order valence-electron chi connectivity index (χ2n) is 14.8. The number of unbranched alkanes of at least 4 members (excludes halogenated alkanes) is 6. The van der Waals surface area contributed by atoms with Crippen LogP contribution in [0.2, 0.25) is 0 Å². The summed E-state index contributed by atoms with van der Waals surface area (Å²) in [5, 5.41) is 9.62. The second-order valence-corrected chi connectivity index (χ2v) is 14.8. The van der Waals surface area contributed by atoms with Gasteiger partial charge in [0.05, 0.1) is 34.4 Å². The molecule has 0 saturated heterocycles.